The SMILES string of the molecule is CC(=O)N(C)c1ccc(Oc2cccc(C(C)C)c2)c(-c2cn(C)c(=O)c3[nH]ccc23)c1. The van der Waals surface area contributed by atoms with Crippen LogP contribution in [0.15, 0.2) is 65.7 Å². The summed E-state index contributed by atoms with van der Waals surface area (Å²) in [5.41, 5.74) is 4.00. The average molecular weight is 430 g/mol. The van der Waals surface area contributed by atoms with E-state index in [1.54, 1.807) is 29.8 Å². The lowest BCUT2D eigenvalue weighted by Gasteiger charge is -2.19. The summed E-state index contributed by atoms with van der Waals surface area (Å²) in [6, 6.07) is 15.6. The Bertz CT molecular complexity index is 1360. The zero-order valence-corrected chi connectivity index (χ0v) is 19.0. The maximum Gasteiger partial charge on any atom is 0.274 e. The minimum Gasteiger partial charge on any atom is -0.457 e. The van der Waals surface area contributed by atoms with Crippen LogP contribution in [0.25, 0.3) is 22.0 Å². The first-order chi connectivity index (χ1) is 15.3. The Kier molecular flexibility index (Phi) is 5.61. The van der Waals surface area contributed by atoms with Gasteiger partial charge in [-0.25, -0.2) is 0 Å². The Hall–Kier alpha value is -3.80. The van der Waals surface area contributed by atoms with Gasteiger partial charge < -0.3 is 19.2 Å². The van der Waals surface area contributed by atoms with Gasteiger partial charge in [0.1, 0.15) is 17.0 Å². The number of aromatic amines is 1. The van der Waals surface area contributed by atoms with E-state index in [-0.39, 0.29) is 11.5 Å². The van der Waals surface area contributed by atoms with Crippen molar-refractivity contribution in [2.45, 2.75) is 26.7 Å². The van der Waals surface area contributed by atoms with Gasteiger partial charge in [-0.15, -0.1) is 0 Å². The molecule has 0 aliphatic rings. The van der Waals surface area contributed by atoms with Gasteiger partial charge in [0, 0.05) is 55.6 Å². The molecule has 0 aliphatic carbocycles. The predicted octanol–water partition coefficient (Wildman–Crippen LogP) is 5.43. The number of rotatable bonds is 5. The largest absolute Gasteiger partial charge is 0.457 e. The molecule has 1 N–H and O–H groups in total. The number of H-pyrrole nitrogens is 1. The minimum atomic E-state index is -0.0992. The summed E-state index contributed by atoms with van der Waals surface area (Å²) in [5, 5.41) is 0.802. The van der Waals surface area contributed by atoms with Gasteiger partial charge in [-0.2, -0.15) is 0 Å². The zero-order valence-electron chi connectivity index (χ0n) is 19.0. The average Bonchev–Trinajstić information content (AvgIpc) is 3.26. The van der Waals surface area contributed by atoms with Crippen molar-refractivity contribution in [2.24, 2.45) is 7.05 Å². The summed E-state index contributed by atoms with van der Waals surface area (Å²) < 4.78 is 7.90. The van der Waals surface area contributed by atoms with E-state index in [1.165, 1.54) is 12.5 Å². The highest BCUT2D eigenvalue weighted by Crippen LogP contribution is 2.39. The van der Waals surface area contributed by atoms with Gasteiger partial charge in [0.25, 0.3) is 5.56 Å². The number of anilines is 1. The Morgan fingerprint density at radius 3 is 2.59 bits per heavy atom. The number of aromatic nitrogens is 2. The molecule has 0 bridgehead atoms. The molecule has 2 heterocycles. The highest BCUT2D eigenvalue weighted by molar-refractivity contribution is 5.98. The van der Waals surface area contributed by atoms with Crippen LogP contribution in [0.5, 0.6) is 11.5 Å². The fourth-order valence-corrected chi connectivity index (χ4v) is 3.76. The van der Waals surface area contributed by atoms with E-state index in [9.17, 15) is 9.59 Å². The van der Waals surface area contributed by atoms with Gasteiger partial charge in [-0.05, 0) is 47.9 Å². The van der Waals surface area contributed by atoms with Gasteiger partial charge in [0.2, 0.25) is 5.91 Å². The quantitative estimate of drug-likeness (QED) is 0.460. The summed E-state index contributed by atoms with van der Waals surface area (Å²) in [4.78, 5) is 29.2. The third-order valence-corrected chi connectivity index (χ3v) is 5.76. The first-order valence-corrected chi connectivity index (χ1v) is 10.6. The van der Waals surface area contributed by atoms with Crippen molar-refractivity contribution < 1.29 is 9.53 Å². The van der Waals surface area contributed by atoms with Crippen LogP contribution in [0.4, 0.5) is 5.69 Å². The maximum atomic E-state index is 12.6. The lowest BCUT2D eigenvalue weighted by Crippen LogP contribution is -2.22. The van der Waals surface area contributed by atoms with Crippen LogP contribution in [0.2, 0.25) is 0 Å². The zero-order chi connectivity index (χ0) is 23.0. The summed E-state index contributed by atoms with van der Waals surface area (Å²) in [7, 11) is 3.46. The molecule has 0 fully saturated rings. The van der Waals surface area contributed by atoms with Crippen LogP contribution in [0, 0.1) is 0 Å². The van der Waals surface area contributed by atoms with Crippen molar-refractivity contribution >= 4 is 22.5 Å². The molecule has 0 saturated heterocycles. The normalized spacial score (nSPS) is 11.2. The molecule has 32 heavy (non-hydrogen) atoms. The first kappa shape index (κ1) is 21.4. The van der Waals surface area contributed by atoms with E-state index >= 15 is 0 Å². The Morgan fingerprint density at radius 2 is 1.88 bits per heavy atom. The molecule has 2 aromatic carbocycles. The van der Waals surface area contributed by atoms with E-state index in [0.29, 0.717) is 17.2 Å². The summed E-state index contributed by atoms with van der Waals surface area (Å²) in [5.74, 6) is 1.70. The van der Waals surface area contributed by atoms with Crippen molar-refractivity contribution in [3.8, 4) is 22.6 Å². The number of hydrogen-bond donors (Lipinski definition) is 1. The molecule has 2 aromatic heterocycles. The number of nitrogens with zero attached hydrogens (tertiary/aromatic N) is 2. The summed E-state index contributed by atoms with van der Waals surface area (Å²) >= 11 is 0. The second kappa shape index (κ2) is 8.38. The standard InChI is InChI=1S/C26H27N3O3/c1-16(2)18-7-6-8-20(13-18)32-24-10-9-19(29(5)17(3)30)14-22(24)23-15-28(4)26(31)25-21(23)11-12-27-25/h6-16,27H,1-5H3. The van der Waals surface area contributed by atoms with Gasteiger partial charge in [0.15, 0.2) is 0 Å². The number of nitrogens with one attached hydrogen (secondary N) is 1. The molecule has 0 unspecified atom stereocenters. The van der Waals surface area contributed by atoms with Gasteiger partial charge in [0.05, 0.1) is 0 Å². The van der Waals surface area contributed by atoms with Crippen LogP contribution < -0.4 is 15.2 Å². The topological polar surface area (TPSA) is 67.3 Å². The molecule has 1 amide bonds. The number of fused-ring (bicyclic) bond motifs is 1. The molecular formula is C26H27N3O3. The number of carbonyl (C=O) groups is 1. The van der Waals surface area contributed by atoms with Crippen LogP contribution in [-0.4, -0.2) is 22.5 Å². The van der Waals surface area contributed by atoms with Crippen molar-refractivity contribution in [3.63, 3.8) is 0 Å². The highest BCUT2D eigenvalue weighted by atomic mass is 16.5. The second-order valence-electron chi connectivity index (χ2n) is 8.31. The first-order valence-electron chi connectivity index (χ1n) is 10.6. The molecule has 0 aliphatic heterocycles. The Morgan fingerprint density at radius 1 is 1.09 bits per heavy atom. The summed E-state index contributed by atoms with van der Waals surface area (Å²) in [6.45, 7) is 5.81. The number of aryl methyl sites for hydroxylation is 1. The highest BCUT2D eigenvalue weighted by Gasteiger charge is 2.17. The smallest absolute Gasteiger partial charge is 0.274 e. The molecule has 0 atom stereocenters. The number of amides is 1. The van der Waals surface area contributed by atoms with E-state index in [1.807, 2.05) is 48.7 Å². The van der Waals surface area contributed by atoms with E-state index < -0.39 is 0 Å². The molecule has 6 heteroatoms. The van der Waals surface area contributed by atoms with E-state index in [0.717, 1.165) is 28.0 Å². The van der Waals surface area contributed by atoms with Crippen LogP contribution in [0.3, 0.4) is 0 Å². The van der Waals surface area contributed by atoms with E-state index in [2.05, 4.69) is 24.9 Å². The van der Waals surface area contributed by atoms with Gasteiger partial charge >= 0.3 is 0 Å². The molecule has 164 valence electrons. The molecule has 6 nitrogen and oxygen atoms in total. The van der Waals surface area contributed by atoms with Crippen molar-refractivity contribution in [3.05, 3.63) is 76.8 Å². The number of carbonyl (C=O) groups excluding carboxylic acids is 1. The molecule has 4 aromatic rings. The Balaban J connectivity index is 1.92. The fourth-order valence-electron chi connectivity index (χ4n) is 3.76. The fraction of sp³-hybridized carbons (Fsp3) is 0.231. The van der Waals surface area contributed by atoms with Crippen LogP contribution in [0.1, 0.15) is 32.3 Å². The maximum absolute atomic E-state index is 12.6. The minimum absolute atomic E-state index is 0.0680. The van der Waals surface area contributed by atoms with Crippen LogP contribution >= 0.6 is 0 Å². The van der Waals surface area contributed by atoms with Crippen LogP contribution in [-0.2, 0) is 11.8 Å². The van der Waals surface area contributed by atoms with Crippen molar-refractivity contribution in [1.29, 1.82) is 0 Å². The lowest BCUT2D eigenvalue weighted by molar-refractivity contribution is -0.116. The predicted molar refractivity (Wildman–Crippen MR) is 129 cm³/mol. The Labute approximate surface area is 187 Å². The second-order valence-corrected chi connectivity index (χ2v) is 8.31. The van der Waals surface area contributed by atoms with Gasteiger partial charge in [-0.1, -0.05) is 26.0 Å². The molecule has 0 radical (unpaired) electrons. The van der Waals surface area contributed by atoms with Crippen molar-refractivity contribution in [1.82, 2.24) is 9.55 Å². The number of hydrogen-bond acceptors (Lipinski definition) is 3. The molecule has 4 rings (SSSR count). The number of benzene rings is 2. The monoisotopic (exact) mass is 429 g/mol. The lowest BCUT2D eigenvalue weighted by atomic mass is 10.0. The molecule has 0 saturated carbocycles. The number of pyridine rings is 1. The third-order valence-electron chi connectivity index (χ3n) is 5.76. The number of ether oxygens (including phenoxy) is 1. The van der Waals surface area contributed by atoms with E-state index in [4.69, 9.17) is 4.74 Å². The summed E-state index contributed by atoms with van der Waals surface area (Å²) in [6.07, 6.45) is 3.57. The third kappa shape index (κ3) is 3.91. The molecule has 0 spiro atoms. The van der Waals surface area contributed by atoms with Gasteiger partial charge in [-0.3, -0.25) is 9.59 Å². The van der Waals surface area contributed by atoms with Crippen molar-refractivity contribution in [2.75, 3.05) is 11.9 Å². The molecular weight excluding hydrogens is 402 g/mol.